The number of hydrogen-bond acceptors (Lipinski definition) is 5. The lowest BCUT2D eigenvalue weighted by atomic mass is 10.0. The summed E-state index contributed by atoms with van der Waals surface area (Å²) in [6.07, 6.45) is 5.95. The van der Waals surface area contributed by atoms with E-state index < -0.39 is 10.0 Å². The molecule has 0 spiro atoms. The van der Waals surface area contributed by atoms with Crippen molar-refractivity contribution in [3.63, 3.8) is 0 Å². The number of aromatic nitrogens is 2. The van der Waals surface area contributed by atoms with Gasteiger partial charge in [-0.15, -0.1) is 0 Å². The van der Waals surface area contributed by atoms with Crippen LogP contribution in [0.25, 0.3) is 10.9 Å². The Morgan fingerprint density at radius 1 is 0.969 bits per heavy atom. The van der Waals surface area contributed by atoms with E-state index in [9.17, 15) is 13.2 Å². The molecule has 8 heteroatoms. The van der Waals surface area contributed by atoms with E-state index in [1.54, 1.807) is 18.2 Å². The van der Waals surface area contributed by atoms with Crippen LogP contribution in [-0.4, -0.2) is 42.8 Å². The number of hydrogen-bond donors (Lipinski definition) is 1. The fourth-order valence-corrected chi connectivity index (χ4v) is 6.03. The van der Waals surface area contributed by atoms with Gasteiger partial charge in [0.1, 0.15) is 0 Å². The summed E-state index contributed by atoms with van der Waals surface area (Å²) in [5, 5.41) is 8.49. The van der Waals surface area contributed by atoms with E-state index in [-0.39, 0.29) is 16.8 Å². The van der Waals surface area contributed by atoms with Crippen molar-refractivity contribution in [3.05, 3.63) is 59.8 Å². The zero-order valence-electron chi connectivity index (χ0n) is 17.9. The maximum absolute atomic E-state index is 13.5. The predicted molar refractivity (Wildman–Crippen MR) is 121 cm³/mol. The van der Waals surface area contributed by atoms with Crippen molar-refractivity contribution in [2.75, 3.05) is 13.2 Å². The number of carbonyl (C=O) groups is 1. The molecule has 0 unspecified atom stereocenters. The van der Waals surface area contributed by atoms with Gasteiger partial charge in [-0.3, -0.25) is 4.79 Å². The summed E-state index contributed by atoms with van der Waals surface area (Å²) in [5.41, 5.74) is 1.90. The van der Waals surface area contributed by atoms with Crippen LogP contribution in [0.2, 0.25) is 0 Å². The van der Waals surface area contributed by atoms with Gasteiger partial charge < -0.3 is 10.1 Å². The Hall–Kier alpha value is -2.71. The average molecular weight is 454 g/mol. The largest absolute Gasteiger partial charge is 0.381 e. The van der Waals surface area contributed by atoms with Crippen LogP contribution < -0.4 is 5.32 Å². The summed E-state index contributed by atoms with van der Waals surface area (Å²) >= 11 is 0. The van der Waals surface area contributed by atoms with E-state index in [4.69, 9.17) is 4.74 Å². The summed E-state index contributed by atoms with van der Waals surface area (Å²) in [5.74, 6) is 0.0986. The van der Waals surface area contributed by atoms with Gasteiger partial charge in [-0.05, 0) is 56.0 Å². The van der Waals surface area contributed by atoms with Gasteiger partial charge in [0.05, 0.1) is 16.1 Å². The molecule has 2 aromatic carbocycles. The first-order valence-electron chi connectivity index (χ1n) is 11.3. The van der Waals surface area contributed by atoms with Crippen molar-refractivity contribution in [2.24, 2.45) is 0 Å². The zero-order valence-corrected chi connectivity index (χ0v) is 18.7. The van der Waals surface area contributed by atoms with Crippen molar-refractivity contribution in [3.8, 4) is 0 Å². The minimum Gasteiger partial charge on any atom is -0.381 e. The topological polar surface area (TPSA) is 90.3 Å². The highest BCUT2D eigenvalue weighted by Crippen LogP contribution is 2.37. The fourth-order valence-electron chi connectivity index (χ4n) is 4.74. The predicted octanol–water partition coefficient (Wildman–Crippen LogP) is 3.84. The van der Waals surface area contributed by atoms with Crippen LogP contribution in [0, 0.1) is 0 Å². The van der Waals surface area contributed by atoms with Crippen molar-refractivity contribution in [1.82, 2.24) is 14.5 Å². The molecule has 32 heavy (non-hydrogen) atoms. The quantitative estimate of drug-likeness (QED) is 0.634. The highest BCUT2D eigenvalue weighted by atomic mass is 32.2. The lowest BCUT2D eigenvalue weighted by Crippen LogP contribution is -2.38. The number of benzene rings is 2. The third kappa shape index (κ3) is 3.93. The molecule has 1 aliphatic carbocycles. The van der Waals surface area contributed by atoms with Gasteiger partial charge in [0.15, 0.2) is 0 Å². The van der Waals surface area contributed by atoms with Crippen molar-refractivity contribution in [1.29, 1.82) is 0 Å². The van der Waals surface area contributed by atoms with Crippen LogP contribution in [0.1, 0.15) is 60.5 Å². The Kier molecular flexibility index (Phi) is 5.73. The molecule has 0 bridgehead atoms. The van der Waals surface area contributed by atoms with Crippen molar-refractivity contribution >= 4 is 26.8 Å². The molecular weight excluding hydrogens is 426 g/mol. The summed E-state index contributed by atoms with van der Waals surface area (Å²) in [6.45, 7) is 1.28. The maximum Gasteiger partial charge on any atom is 0.283 e. The van der Waals surface area contributed by atoms with E-state index in [0.29, 0.717) is 30.2 Å². The van der Waals surface area contributed by atoms with E-state index in [2.05, 4.69) is 10.4 Å². The lowest BCUT2D eigenvalue weighted by molar-refractivity contribution is 0.0696. The highest BCUT2D eigenvalue weighted by Gasteiger charge is 2.28. The summed E-state index contributed by atoms with van der Waals surface area (Å²) in [4.78, 5) is 12.7. The minimum absolute atomic E-state index is 0.0871. The van der Waals surface area contributed by atoms with Crippen LogP contribution in [0.15, 0.2) is 53.4 Å². The van der Waals surface area contributed by atoms with Gasteiger partial charge in [0.2, 0.25) is 0 Å². The van der Waals surface area contributed by atoms with E-state index in [1.807, 2.05) is 18.2 Å². The van der Waals surface area contributed by atoms with Gasteiger partial charge >= 0.3 is 0 Å². The Balaban J connectivity index is 1.43. The minimum atomic E-state index is -3.89. The second-order valence-corrected chi connectivity index (χ2v) is 10.4. The molecule has 5 rings (SSSR count). The Bertz CT molecular complexity index is 1220. The summed E-state index contributed by atoms with van der Waals surface area (Å²) in [7, 11) is -3.89. The van der Waals surface area contributed by atoms with Gasteiger partial charge in [-0.1, -0.05) is 31.0 Å². The number of nitrogens with zero attached hydrogens (tertiary/aromatic N) is 2. The maximum atomic E-state index is 13.5. The third-order valence-corrected chi connectivity index (χ3v) is 8.13. The number of para-hydroxylation sites is 1. The SMILES string of the molecule is O=C(NC1CCOCC1)c1ccc(S(=O)(=O)n2nc(C3CCCC3)c3ccccc32)cc1. The molecule has 1 aliphatic heterocycles. The summed E-state index contributed by atoms with van der Waals surface area (Å²) in [6, 6.07) is 13.7. The molecule has 0 radical (unpaired) electrons. The second-order valence-electron chi connectivity index (χ2n) is 8.62. The summed E-state index contributed by atoms with van der Waals surface area (Å²) < 4.78 is 33.4. The molecule has 7 nitrogen and oxygen atoms in total. The van der Waals surface area contributed by atoms with E-state index in [1.165, 1.54) is 12.1 Å². The molecule has 1 aromatic heterocycles. The standard InChI is InChI=1S/C24H27N3O4S/c28-24(25-19-13-15-31-16-14-19)18-9-11-20(12-10-18)32(29,30)27-22-8-4-3-7-21(22)23(26-27)17-5-1-2-6-17/h3-4,7-12,17,19H,1-2,5-6,13-16H2,(H,25,28). The molecule has 2 heterocycles. The molecule has 2 aliphatic rings. The first-order valence-corrected chi connectivity index (χ1v) is 12.7. The first kappa shape index (κ1) is 21.2. The van der Waals surface area contributed by atoms with Crippen LogP contribution in [0.4, 0.5) is 0 Å². The number of amides is 1. The van der Waals surface area contributed by atoms with Gasteiger partial charge in [-0.2, -0.15) is 17.6 Å². The van der Waals surface area contributed by atoms with Crippen molar-refractivity contribution < 1.29 is 17.9 Å². The molecule has 1 saturated carbocycles. The molecule has 1 N–H and O–H groups in total. The van der Waals surface area contributed by atoms with E-state index >= 15 is 0 Å². The number of nitrogens with one attached hydrogen (secondary N) is 1. The normalized spacial score (nSPS) is 18.2. The zero-order chi connectivity index (χ0) is 22.1. The van der Waals surface area contributed by atoms with Crippen LogP contribution in [0.3, 0.4) is 0 Å². The van der Waals surface area contributed by atoms with Gasteiger partial charge in [-0.25, -0.2) is 0 Å². The monoisotopic (exact) mass is 453 g/mol. The van der Waals surface area contributed by atoms with Crippen LogP contribution >= 0.6 is 0 Å². The molecule has 3 aromatic rings. The molecular formula is C24H27N3O4S. The number of carbonyl (C=O) groups excluding carboxylic acids is 1. The number of rotatable bonds is 5. The second kappa shape index (κ2) is 8.67. The average Bonchev–Trinajstić information content (AvgIpc) is 3.48. The molecule has 1 amide bonds. The molecule has 1 saturated heterocycles. The van der Waals surface area contributed by atoms with Crippen LogP contribution in [0.5, 0.6) is 0 Å². The van der Waals surface area contributed by atoms with Crippen molar-refractivity contribution in [2.45, 2.75) is 55.4 Å². The molecule has 168 valence electrons. The Morgan fingerprint density at radius 3 is 2.38 bits per heavy atom. The van der Waals surface area contributed by atoms with Gasteiger partial charge in [0, 0.05) is 36.1 Å². The highest BCUT2D eigenvalue weighted by molar-refractivity contribution is 7.90. The van der Waals surface area contributed by atoms with E-state index in [0.717, 1.165) is 53.7 Å². The van der Waals surface area contributed by atoms with Crippen LogP contribution in [-0.2, 0) is 14.8 Å². The third-order valence-electron chi connectivity index (χ3n) is 6.53. The number of ether oxygens (including phenoxy) is 1. The Labute approximate surface area is 187 Å². The smallest absolute Gasteiger partial charge is 0.283 e. The first-order chi connectivity index (χ1) is 15.5. The fraction of sp³-hybridized carbons (Fsp3) is 0.417. The molecule has 2 fully saturated rings. The van der Waals surface area contributed by atoms with Gasteiger partial charge in [0.25, 0.3) is 15.9 Å². The lowest BCUT2D eigenvalue weighted by Gasteiger charge is -2.23. The Morgan fingerprint density at radius 2 is 1.66 bits per heavy atom. The number of fused-ring (bicyclic) bond motifs is 1. The molecule has 0 atom stereocenters.